The molecule has 0 saturated carbocycles. The number of carbonyl (C=O) groups excluding carboxylic acids is 2. The predicted molar refractivity (Wildman–Crippen MR) is 88.2 cm³/mol. The first-order valence-corrected chi connectivity index (χ1v) is 8.37. The summed E-state index contributed by atoms with van der Waals surface area (Å²) in [5.41, 5.74) is 1.73. The van der Waals surface area contributed by atoms with Crippen LogP contribution in [0.25, 0.3) is 0 Å². The fourth-order valence-electron chi connectivity index (χ4n) is 2.31. The van der Waals surface area contributed by atoms with E-state index in [0.717, 1.165) is 10.5 Å². The Morgan fingerprint density at radius 3 is 2.57 bits per heavy atom. The average molecular weight is 336 g/mol. The molecule has 1 aliphatic rings. The zero-order valence-corrected chi connectivity index (χ0v) is 14.2. The first kappa shape index (κ1) is 17.4. The van der Waals surface area contributed by atoms with Crippen LogP contribution < -0.4 is 10.6 Å². The third kappa shape index (κ3) is 4.27. The van der Waals surface area contributed by atoms with Crippen molar-refractivity contribution in [1.29, 1.82) is 0 Å². The first-order valence-electron chi connectivity index (χ1n) is 7.15. The van der Waals surface area contributed by atoms with Crippen molar-refractivity contribution in [1.82, 2.24) is 10.6 Å². The van der Waals surface area contributed by atoms with Gasteiger partial charge in [-0.05, 0) is 30.9 Å². The molecule has 124 valence electrons. The largest absolute Gasteiger partial charge is 0.460 e. The van der Waals surface area contributed by atoms with Gasteiger partial charge in [0.05, 0.1) is 18.2 Å². The lowest BCUT2D eigenvalue weighted by molar-refractivity contribution is -0.140. The van der Waals surface area contributed by atoms with Gasteiger partial charge < -0.3 is 20.1 Å². The Morgan fingerprint density at radius 1 is 1.26 bits per heavy atom. The summed E-state index contributed by atoms with van der Waals surface area (Å²) in [7, 11) is 1.54. The third-order valence-corrected chi connectivity index (χ3v) is 4.20. The molecule has 23 heavy (non-hydrogen) atoms. The number of hydrogen-bond donors (Lipinski definition) is 2. The summed E-state index contributed by atoms with van der Waals surface area (Å²) < 4.78 is 10.1. The van der Waals surface area contributed by atoms with E-state index in [1.54, 1.807) is 18.7 Å². The monoisotopic (exact) mass is 336 g/mol. The molecule has 0 radical (unpaired) electrons. The van der Waals surface area contributed by atoms with E-state index < -0.39 is 12.0 Å². The number of allylic oxidation sites excluding steroid dienone is 1. The van der Waals surface area contributed by atoms with Crippen LogP contribution in [0.2, 0.25) is 0 Å². The number of esters is 1. The van der Waals surface area contributed by atoms with Crippen molar-refractivity contribution >= 4 is 23.8 Å². The molecular weight excluding hydrogens is 316 g/mol. The number of benzene rings is 1. The number of hydrogen-bond acceptors (Lipinski definition) is 5. The minimum absolute atomic E-state index is 0.165. The van der Waals surface area contributed by atoms with Gasteiger partial charge in [-0.25, -0.2) is 9.59 Å². The summed E-state index contributed by atoms with van der Waals surface area (Å²) >= 11 is 1.63. The van der Waals surface area contributed by atoms with Crippen molar-refractivity contribution in [2.24, 2.45) is 0 Å². The summed E-state index contributed by atoms with van der Waals surface area (Å²) in [6.45, 7) is 2.18. The molecule has 1 heterocycles. The molecule has 1 aromatic rings. The SMILES string of the molecule is COCCOC(=O)C1=C(C)NC(=O)N[C@@H]1c1ccc(SC)cc1. The van der Waals surface area contributed by atoms with Crippen molar-refractivity contribution in [3.05, 3.63) is 41.1 Å². The molecule has 0 aromatic heterocycles. The maximum Gasteiger partial charge on any atom is 0.338 e. The van der Waals surface area contributed by atoms with E-state index in [-0.39, 0.29) is 12.6 Å². The Kier molecular flexibility index (Phi) is 6.06. The minimum Gasteiger partial charge on any atom is -0.460 e. The summed E-state index contributed by atoms with van der Waals surface area (Å²) in [6.07, 6.45) is 1.99. The van der Waals surface area contributed by atoms with E-state index in [1.807, 2.05) is 30.5 Å². The van der Waals surface area contributed by atoms with Gasteiger partial charge in [0.2, 0.25) is 0 Å². The Hall–Kier alpha value is -1.99. The van der Waals surface area contributed by atoms with Gasteiger partial charge in [-0.2, -0.15) is 0 Å². The molecule has 0 spiro atoms. The van der Waals surface area contributed by atoms with E-state index in [0.29, 0.717) is 17.9 Å². The van der Waals surface area contributed by atoms with Gasteiger partial charge in [-0.3, -0.25) is 0 Å². The standard InChI is InChI=1S/C16H20N2O4S/c1-10-13(15(19)22-9-8-21-2)14(18-16(20)17-10)11-4-6-12(23-3)7-5-11/h4-7,14H,8-9H2,1-3H3,(H2,17,18,20)/t14-/m1/s1. The summed E-state index contributed by atoms with van der Waals surface area (Å²) in [5, 5.41) is 5.39. The van der Waals surface area contributed by atoms with E-state index >= 15 is 0 Å². The molecule has 6 nitrogen and oxygen atoms in total. The van der Waals surface area contributed by atoms with Gasteiger partial charge in [0.15, 0.2) is 0 Å². The topological polar surface area (TPSA) is 76.7 Å². The number of amides is 2. The molecule has 0 aliphatic carbocycles. The smallest absolute Gasteiger partial charge is 0.338 e. The zero-order valence-electron chi connectivity index (χ0n) is 13.3. The van der Waals surface area contributed by atoms with Crippen molar-refractivity contribution < 1.29 is 19.1 Å². The van der Waals surface area contributed by atoms with E-state index in [2.05, 4.69) is 10.6 Å². The summed E-state index contributed by atoms with van der Waals surface area (Å²) in [5.74, 6) is -0.467. The number of urea groups is 1. The van der Waals surface area contributed by atoms with Crippen LogP contribution in [0.3, 0.4) is 0 Å². The Morgan fingerprint density at radius 2 is 1.96 bits per heavy atom. The molecule has 7 heteroatoms. The van der Waals surface area contributed by atoms with Crippen molar-refractivity contribution in [2.45, 2.75) is 17.9 Å². The normalized spacial score (nSPS) is 17.5. The Balaban J connectivity index is 2.27. The molecule has 0 saturated heterocycles. The second kappa shape index (κ2) is 8.03. The number of thioether (sulfide) groups is 1. The molecule has 0 fully saturated rings. The van der Waals surface area contributed by atoms with Crippen molar-refractivity contribution in [3.63, 3.8) is 0 Å². The highest BCUT2D eigenvalue weighted by molar-refractivity contribution is 7.98. The van der Waals surface area contributed by atoms with E-state index in [9.17, 15) is 9.59 Å². The molecule has 0 bridgehead atoms. The number of methoxy groups -OCH3 is 1. The molecule has 2 N–H and O–H groups in total. The summed E-state index contributed by atoms with van der Waals surface area (Å²) in [4.78, 5) is 25.3. The predicted octanol–water partition coefficient (Wildman–Crippen LogP) is 2.23. The molecule has 1 aromatic carbocycles. The molecule has 1 atom stereocenters. The highest BCUT2D eigenvalue weighted by atomic mass is 32.2. The van der Waals surface area contributed by atoms with Crippen molar-refractivity contribution in [3.8, 4) is 0 Å². The Labute approximate surface area is 139 Å². The number of rotatable bonds is 6. The Bertz CT molecular complexity index is 613. The van der Waals surface area contributed by atoms with Gasteiger partial charge in [-0.1, -0.05) is 12.1 Å². The van der Waals surface area contributed by atoms with E-state index in [1.165, 1.54) is 7.11 Å². The number of carbonyl (C=O) groups is 2. The van der Waals surface area contributed by atoms with Gasteiger partial charge in [0.1, 0.15) is 6.61 Å². The van der Waals surface area contributed by atoms with Crippen LogP contribution in [0.4, 0.5) is 4.79 Å². The van der Waals surface area contributed by atoms with Gasteiger partial charge in [0, 0.05) is 17.7 Å². The van der Waals surface area contributed by atoms with Gasteiger partial charge >= 0.3 is 12.0 Å². The highest BCUT2D eigenvalue weighted by Gasteiger charge is 2.32. The summed E-state index contributed by atoms with van der Waals surface area (Å²) in [6, 6.07) is 6.84. The maximum absolute atomic E-state index is 12.4. The van der Waals surface area contributed by atoms with Crippen LogP contribution >= 0.6 is 11.8 Å². The molecule has 2 amide bonds. The first-order chi connectivity index (χ1) is 11.1. The van der Waals surface area contributed by atoms with Crippen LogP contribution in [-0.4, -0.2) is 38.6 Å². The molecule has 0 unspecified atom stereocenters. The average Bonchev–Trinajstić information content (AvgIpc) is 2.54. The van der Waals surface area contributed by atoms with Crippen LogP contribution in [0.15, 0.2) is 40.4 Å². The lowest BCUT2D eigenvalue weighted by Crippen LogP contribution is -2.45. The quantitative estimate of drug-likeness (QED) is 0.473. The van der Waals surface area contributed by atoms with Gasteiger partial charge in [0.25, 0.3) is 0 Å². The maximum atomic E-state index is 12.4. The fourth-order valence-corrected chi connectivity index (χ4v) is 2.71. The van der Waals surface area contributed by atoms with Gasteiger partial charge in [-0.15, -0.1) is 11.8 Å². The second-order valence-corrected chi connectivity index (χ2v) is 5.85. The second-order valence-electron chi connectivity index (χ2n) is 4.97. The van der Waals surface area contributed by atoms with Crippen LogP contribution in [0.1, 0.15) is 18.5 Å². The zero-order chi connectivity index (χ0) is 16.8. The number of nitrogens with one attached hydrogen (secondary N) is 2. The van der Waals surface area contributed by atoms with Crippen LogP contribution in [0.5, 0.6) is 0 Å². The molecule has 1 aliphatic heterocycles. The number of ether oxygens (including phenoxy) is 2. The van der Waals surface area contributed by atoms with Crippen LogP contribution in [-0.2, 0) is 14.3 Å². The lowest BCUT2D eigenvalue weighted by Gasteiger charge is -2.28. The fraction of sp³-hybridized carbons (Fsp3) is 0.375. The minimum atomic E-state index is -0.533. The third-order valence-electron chi connectivity index (χ3n) is 3.46. The van der Waals surface area contributed by atoms with Crippen LogP contribution in [0, 0.1) is 0 Å². The van der Waals surface area contributed by atoms with Crippen molar-refractivity contribution in [2.75, 3.05) is 26.6 Å². The molecule has 2 rings (SSSR count). The van der Waals surface area contributed by atoms with E-state index in [4.69, 9.17) is 9.47 Å². The molecular formula is C16H20N2O4S. The lowest BCUT2D eigenvalue weighted by atomic mass is 9.96. The highest BCUT2D eigenvalue weighted by Crippen LogP contribution is 2.28.